The Labute approximate surface area is 100 Å². The standard InChI is InChI=1S/C7H6F10S2/c1-5-2-6(18(8,9,10,11)12)4-7(3-5)19(13,14,15,16)17/h2-4H,1H3. The van der Waals surface area contributed by atoms with Crippen molar-refractivity contribution in [2.75, 3.05) is 0 Å². The van der Waals surface area contributed by atoms with Crippen molar-refractivity contribution in [2.45, 2.75) is 16.7 Å². The van der Waals surface area contributed by atoms with Gasteiger partial charge >= 0.3 is 20.4 Å². The molecule has 0 saturated heterocycles. The lowest BCUT2D eigenvalue weighted by Crippen LogP contribution is -2.11. The SMILES string of the molecule is Cc1cc(S(F)(F)(F)(F)F)cc(S(F)(F)(F)(F)F)c1. The van der Waals surface area contributed by atoms with Gasteiger partial charge in [0.15, 0.2) is 0 Å². The molecule has 1 aromatic carbocycles. The van der Waals surface area contributed by atoms with E-state index in [9.17, 15) is 38.9 Å². The summed E-state index contributed by atoms with van der Waals surface area (Å²) in [6.45, 7) is 0.569. The molecule has 0 saturated carbocycles. The first kappa shape index (κ1) is 16.3. The maximum atomic E-state index is 12.3. The lowest BCUT2D eigenvalue weighted by molar-refractivity contribution is 0.360. The third-order valence-electron chi connectivity index (χ3n) is 1.92. The van der Waals surface area contributed by atoms with E-state index in [2.05, 4.69) is 0 Å². The van der Waals surface area contributed by atoms with Gasteiger partial charge in [-0.3, -0.25) is 0 Å². The fraction of sp³-hybridized carbons (Fsp3) is 0.143. The molecule has 0 unspecified atom stereocenters. The molecule has 0 nitrogen and oxygen atoms in total. The van der Waals surface area contributed by atoms with E-state index >= 15 is 0 Å². The molecule has 0 aromatic heterocycles. The molecule has 0 aliphatic carbocycles. The van der Waals surface area contributed by atoms with Crippen LogP contribution >= 0.6 is 20.4 Å². The first-order chi connectivity index (χ1) is 7.58. The molecule has 0 aliphatic rings. The maximum Gasteiger partial charge on any atom is 0.310 e. The molecule has 12 heteroatoms. The zero-order chi connectivity index (χ0) is 15.7. The van der Waals surface area contributed by atoms with Crippen LogP contribution in [0.5, 0.6) is 0 Å². The summed E-state index contributed by atoms with van der Waals surface area (Å²) in [6.07, 6.45) is 0. The van der Waals surface area contributed by atoms with E-state index in [-0.39, 0.29) is 12.1 Å². The van der Waals surface area contributed by atoms with Gasteiger partial charge in [0.1, 0.15) is 9.79 Å². The lowest BCUT2D eigenvalue weighted by atomic mass is 10.2. The van der Waals surface area contributed by atoms with Crippen LogP contribution < -0.4 is 0 Å². The summed E-state index contributed by atoms with van der Waals surface area (Å²) in [4.78, 5) is -5.99. The molecule has 0 fully saturated rings. The summed E-state index contributed by atoms with van der Waals surface area (Å²) >= 11 is 0. The third kappa shape index (κ3) is 4.09. The normalized spacial score (nSPS) is 21.0. The molecular weight excluding hydrogens is 338 g/mol. The summed E-state index contributed by atoms with van der Waals surface area (Å²) in [7, 11) is -20.9. The molecule has 1 aromatic rings. The van der Waals surface area contributed by atoms with E-state index in [4.69, 9.17) is 0 Å². The summed E-state index contributed by atoms with van der Waals surface area (Å²) in [5, 5.41) is 0. The Morgan fingerprint density at radius 3 is 1.05 bits per heavy atom. The number of rotatable bonds is 2. The molecule has 0 atom stereocenters. The Balaban J connectivity index is 3.79. The minimum absolute atomic E-state index is 0.311. The number of hydrogen-bond donors (Lipinski definition) is 0. The topological polar surface area (TPSA) is 0 Å². The molecule has 0 aliphatic heterocycles. The van der Waals surface area contributed by atoms with Crippen molar-refractivity contribution in [3.8, 4) is 0 Å². The van der Waals surface area contributed by atoms with Gasteiger partial charge in [0.25, 0.3) is 0 Å². The van der Waals surface area contributed by atoms with Crippen molar-refractivity contribution in [2.24, 2.45) is 0 Å². The zero-order valence-electron chi connectivity index (χ0n) is 8.83. The van der Waals surface area contributed by atoms with Crippen molar-refractivity contribution < 1.29 is 38.9 Å². The minimum Gasteiger partial charge on any atom is -0.0936 e. The molecule has 0 amide bonds. The second-order valence-electron chi connectivity index (χ2n) is 3.92. The monoisotopic (exact) mass is 344 g/mol. The third-order valence-corrected chi connectivity index (χ3v) is 4.17. The van der Waals surface area contributed by atoms with Gasteiger partial charge in [0.05, 0.1) is 0 Å². The smallest absolute Gasteiger partial charge is 0.0936 e. The molecule has 0 radical (unpaired) electrons. The predicted octanol–water partition coefficient (Wildman–Crippen LogP) is 7.31. The maximum absolute atomic E-state index is 12.3. The van der Waals surface area contributed by atoms with Crippen molar-refractivity contribution in [3.05, 3.63) is 23.8 Å². The summed E-state index contributed by atoms with van der Waals surface area (Å²) in [5.74, 6) is 0. The lowest BCUT2D eigenvalue weighted by Gasteiger charge is -2.44. The Bertz CT molecular complexity index is 500. The van der Waals surface area contributed by atoms with Gasteiger partial charge in [0, 0.05) is 0 Å². The molecule has 0 heterocycles. The highest BCUT2D eigenvalue weighted by Gasteiger charge is 2.69. The Hall–Kier alpha value is -0.780. The molecule has 0 spiro atoms. The molecule has 0 N–H and O–H groups in total. The van der Waals surface area contributed by atoms with Crippen molar-refractivity contribution in [1.29, 1.82) is 0 Å². The second-order valence-corrected chi connectivity index (χ2v) is 8.74. The number of aryl methyl sites for hydroxylation is 1. The largest absolute Gasteiger partial charge is 0.310 e. The van der Waals surface area contributed by atoms with E-state index < -0.39 is 41.9 Å². The van der Waals surface area contributed by atoms with Crippen LogP contribution in [0, 0.1) is 6.92 Å². The molecule has 1 rings (SSSR count). The molecule has 19 heavy (non-hydrogen) atoms. The first-order valence-corrected chi connectivity index (χ1v) is 8.09. The molecule has 116 valence electrons. The zero-order valence-corrected chi connectivity index (χ0v) is 10.5. The number of benzene rings is 1. The van der Waals surface area contributed by atoms with Crippen molar-refractivity contribution in [1.82, 2.24) is 0 Å². The van der Waals surface area contributed by atoms with Gasteiger partial charge < -0.3 is 0 Å². The van der Waals surface area contributed by atoms with E-state index in [0.29, 0.717) is 6.92 Å². The Kier molecular flexibility index (Phi) is 2.28. The van der Waals surface area contributed by atoms with E-state index in [1.54, 1.807) is 0 Å². The number of halogens is 10. The van der Waals surface area contributed by atoms with Crippen LogP contribution in [0.25, 0.3) is 0 Å². The first-order valence-electron chi connectivity index (χ1n) is 4.18. The summed E-state index contributed by atoms with van der Waals surface area (Å²) < 4.78 is 123. The number of hydrogen-bond acceptors (Lipinski definition) is 0. The highest BCUT2D eigenvalue weighted by molar-refractivity contribution is 8.46. The van der Waals surface area contributed by atoms with Gasteiger partial charge in [-0.15, -0.1) is 0 Å². The van der Waals surface area contributed by atoms with Gasteiger partial charge in [-0.25, -0.2) is 0 Å². The van der Waals surface area contributed by atoms with Crippen LogP contribution in [0.4, 0.5) is 38.9 Å². The quantitative estimate of drug-likeness (QED) is 0.493. The van der Waals surface area contributed by atoms with Crippen molar-refractivity contribution in [3.63, 3.8) is 0 Å². The van der Waals surface area contributed by atoms with Gasteiger partial charge in [0.2, 0.25) is 0 Å². The Morgan fingerprint density at radius 1 is 0.579 bits per heavy atom. The summed E-state index contributed by atoms with van der Waals surface area (Å²) in [5.41, 5.74) is -1.01. The summed E-state index contributed by atoms with van der Waals surface area (Å²) in [6, 6.07) is -1.88. The van der Waals surface area contributed by atoms with E-state index in [0.717, 1.165) is 0 Å². The fourth-order valence-electron chi connectivity index (χ4n) is 1.16. The van der Waals surface area contributed by atoms with Crippen LogP contribution in [0.1, 0.15) is 5.56 Å². The van der Waals surface area contributed by atoms with Gasteiger partial charge in [-0.05, 0) is 30.7 Å². The molecule has 0 bridgehead atoms. The predicted molar refractivity (Wildman–Crippen MR) is 54.0 cm³/mol. The van der Waals surface area contributed by atoms with Crippen LogP contribution in [-0.4, -0.2) is 0 Å². The van der Waals surface area contributed by atoms with E-state index in [1.165, 1.54) is 0 Å². The van der Waals surface area contributed by atoms with Crippen LogP contribution in [0.15, 0.2) is 28.0 Å². The van der Waals surface area contributed by atoms with Gasteiger partial charge in [-0.2, -0.15) is 0 Å². The average molecular weight is 344 g/mol. The highest BCUT2D eigenvalue weighted by Crippen LogP contribution is 3.05. The van der Waals surface area contributed by atoms with Crippen LogP contribution in [0.3, 0.4) is 0 Å². The van der Waals surface area contributed by atoms with Gasteiger partial charge in [-0.1, -0.05) is 38.9 Å². The van der Waals surface area contributed by atoms with Crippen LogP contribution in [0.2, 0.25) is 0 Å². The van der Waals surface area contributed by atoms with E-state index in [1.807, 2.05) is 0 Å². The highest BCUT2D eigenvalue weighted by atomic mass is 32.5. The fourth-order valence-corrected chi connectivity index (χ4v) is 2.75. The Morgan fingerprint density at radius 2 is 0.842 bits per heavy atom. The second kappa shape index (κ2) is 2.67. The van der Waals surface area contributed by atoms with Crippen LogP contribution in [-0.2, 0) is 0 Å². The average Bonchev–Trinajstić information content (AvgIpc) is 1.93. The van der Waals surface area contributed by atoms with Crippen molar-refractivity contribution >= 4 is 20.4 Å². The molecular formula is C7H6F10S2. The minimum atomic E-state index is -10.5.